The molecular formula is C8H8N4S. The molecular weight excluding hydrogens is 184 g/mol. The standard InChI is InChI=1S/C8H8N4S/c9-6-1-2-7(12-5-6)13-8-10-3-4-11-8/h1-5H,9H2,(H,10,11). The van der Waals surface area contributed by atoms with E-state index >= 15 is 0 Å². The van der Waals surface area contributed by atoms with E-state index in [4.69, 9.17) is 5.73 Å². The lowest BCUT2D eigenvalue weighted by molar-refractivity contribution is 1.04. The first-order valence-electron chi connectivity index (χ1n) is 3.73. The van der Waals surface area contributed by atoms with E-state index in [1.165, 1.54) is 11.8 Å². The Bertz CT molecular complexity index is 368. The smallest absolute Gasteiger partial charge is 0.171 e. The number of aromatic nitrogens is 3. The molecule has 2 heterocycles. The van der Waals surface area contributed by atoms with Crippen LogP contribution in [-0.4, -0.2) is 15.0 Å². The van der Waals surface area contributed by atoms with Crippen molar-refractivity contribution in [2.45, 2.75) is 10.2 Å². The third kappa shape index (κ3) is 2.00. The van der Waals surface area contributed by atoms with E-state index in [9.17, 15) is 0 Å². The van der Waals surface area contributed by atoms with Crippen LogP contribution in [0.15, 0.2) is 40.9 Å². The van der Waals surface area contributed by atoms with Gasteiger partial charge in [-0.05, 0) is 23.9 Å². The fraction of sp³-hybridized carbons (Fsp3) is 0. The largest absolute Gasteiger partial charge is 0.397 e. The van der Waals surface area contributed by atoms with Crippen LogP contribution in [0, 0.1) is 0 Å². The van der Waals surface area contributed by atoms with E-state index in [1.807, 2.05) is 12.1 Å². The van der Waals surface area contributed by atoms with Gasteiger partial charge in [-0.2, -0.15) is 0 Å². The summed E-state index contributed by atoms with van der Waals surface area (Å²) < 4.78 is 0. The summed E-state index contributed by atoms with van der Waals surface area (Å²) in [4.78, 5) is 11.2. The van der Waals surface area contributed by atoms with Gasteiger partial charge in [0.2, 0.25) is 0 Å². The SMILES string of the molecule is Nc1ccc(Sc2ncc[nH]2)nc1. The number of nitrogen functional groups attached to an aromatic ring is 1. The fourth-order valence-corrected chi connectivity index (χ4v) is 1.54. The highest BCUT2D eigenvalue weighted by Gasteiger charge is 1.99. The number of H-pyrrole nitrogens is 1. The quantitative estimate of drug-likeness (QED) is 0.757. The molecule has 3 N–H and O–H groups in total. The van der Waals surface area contributed by atoms with Crippen LogP contribution in [0.25, 0.3) is 0 Å². The zero-order valence-electron chi connectivity index (χ0n) is 6.77. The highest BCUT2D eigenvalue weighted by Crippen LogP contribution is 2.21. The molecule has 0 aliphatic heterocycles. The number of nitrogens with one attached hydrogen (secondary N) is 1. The van der Waals surface area contributed by atoms with Crippen LogP contribution in [-0.2, 0) is 0 Å². The molecule has 2 aromatic heterocycles. The third-order valence-electron chi connectivity index (χ3n) is 1.43. The summed E-state index contributed by atoms with van der Waals surface area (Å²) in [5.41, 5.74) is 6.18. The van der Waals surface area contributed by atoms with Gasteiger partial charge < -0.3 is 10.7 Å². The second-order valence-electron chi connectivity index (χ2n) is 2.43. The van der Waals surface area contributed by atoms with Gasteiger partial charge >= 0.3 is 0 Å². The Morgan fingerprint density at radius 2 is 2.23 bits per heavy atom. The third-order valence-corrected chi connectivity index (χ3v) is 2.30. The van der Waals surface area contributed by atoms with Gasteiger partial charge in [0, 0.05) is 12.4 Å². The zero-order valence-corrected chi connectivity index (χ0v) is 7.58. The highest BCUT2D eigenvalue weighted by atomic mass is 32.2. The summed E-state index contributed by atoms with van der Waals surface area (Å²) >= 11 is 1.47. The molecule has 0 radical (unpaired) electrons. The average molecular weight is 192 g/mol. The van der Waals surface area contributed by atoms with Crippen LogP contribution in [0.4, 0.5) is 5.69 Å². The number of aromatic amines is 1. The molecule has 2 aromatic rings. The molecule has 5 heteroatoms. The predicted octanol–water partition coefficient (Wildman–Crippen LogP) is 1.54. The second kappa shape index (κ2) is 3.49. The van der Waals surface area contributed by atoms with Gasteiger partial charge in [0.25, 0.3) is 0 Å². The maximum atomic E-state index is 5.50. The van der Waals surface area contributed by atoms with Gasteiger partial charge in [0.05, 0.1) is 11.9 Å². The Labute approximate surface area is 79.6 Å². The second-order valence-corrected chi connectivity index (χ2v) is 3.44. The van der Waals surface area contributed by atoms with Crippen LogP contribution < -0.4 is 5.73 Å². The molecule has 0 aliphatic rings. The van der Waals surface area contributed by atoms with Gasteiger partial charge in [-0.15, -0.1) is 0 Å². The summed E-state index contributed by atoms with van der Waals surface area (Å²) in [6, 6.07) is 3.68. The number of pyridine rings is 1. The van der Waals surface area contributed by atoms with Crippen molar-refractivity contribution in [2.24, 2.45) is 0 Å². The monoisotopic (exact) mass is 192 g/mol. The first kappa shape index (κ1) is 8.12. The minimum Gasteiger partial charge on any atom is -0.397 e. The molecule has 0 aromatic carbocycles. The summed E-state index contributed by atoms with van der Waals surface area (Å²) in [6.45, 7) is 0. The van der Waals surface area contributed by atoms with Crippen molar-refractivity contribution >= 4 is 17.4 Å². The first-order valence-corrected chi connectivity index (χ1v) is 4.55. The normalized spacial score (nSPS) is 10.2. The molecule has 0 bridgehead atoms. The molecule has 0 unspecified atom stereocenters. The Morgan fingerprint density at radius 3 is 2.85 bits per heavy atom. The van der Waals surface area contributed by atoms with Crippen molar-refractivity contribution in [1.29, 1.82) is 0 Å². The number of nitrogens with two attached hydrogens (primary N) is 1. The number of imidazole rings is 1. The Morgan fingerprint density at radius 1 is 1.31 bits per heavy atom. The summed E-state index contributed by atoms with van der Waals surface area (Å²) in [5.74, 6) is 0. The molecule has 0 amide bonds. The highest BCUT2D eigenvalue weighted by molar-refractivity contribution is 7.99. The molecule has 0 saturated heterocycles. The summed E-state index contributed by atoms with van der Waals surface area (Å²) in [7, 11) is 0. The fourth-order valence-electron chi connectivity index (χ4n) is 0.858. The van der Waals surface area contributed by atoms with Crippen LogP contribution in [0.1, 0.15) is 0 Å². The van der Waals surface area contributed by atoms with E-state index in [0.29, 0.717) is 5.69 Å². The number of anilines is 1. The molecule has 4 nitrogen and oxygen atoms in total. The van der Waals surface area contributed by atoms with E-state index in [1.54, 1.807) is 18.6 Å². The molecule has 13 heavy (non-hydrogen) atoms. The van der Waals surface area contributed by atoms with Gasteiger partial charge in [0.15, 0.2) is 5.16 Å². The molecule has 0 spiro atoms. The van der Waals surface area contributed by atoms with Crippen molar-refractivity contribution in [2.75, 3.05) is 5.73 Å². The van der Waals surface area contributed by atoms with Gasteiger partial charge in [-0.25, -0.2) is 9.97 Å². The van der Waals surface area contributed by atoms with E-state index in [0.717, 1.165) is 10.2 Å². The van der Waals surface area contributed by atoms with Crippen molar-refractivity contribution in [3.05, 3.63) is 30.7 Å². The maximum absolute atomic E-state index is 5.50. The molecule has 0 fully saturated rings. The summed E-state index contributed by atoms with van der Waals surface area (Å²) in [6.07, 6.45) is 5.12. The van der Waals surface area contributed by atoms with Crippen molar-refractivity contribution < 1.29 is 0 Å². The molecule has 0 aliphatic carbocycles. The average Bonchev–Trinajstić information content (AvgIpc) is 2.62. The number of rotatable bonds is 2. The van der Waals surface area contributed by atoms with Crippen LogP contribution in [0.5, 0.6) is 0 Å². The minimum atomic E-state index is 0.670. The van der Waals surface area contributed by atoms with E-state index < -0.39 is 0 Å². The summed E-state index contributed by atoms with van der Waals surface area (Å²) in [5, 5.41) is 1.71. The Hall–Kier alpha value is -1.49. The number of hydrogen-bond donors (Lipinski definition) is 2. The van der Waals surface area contributed by atoms with Gasteiger partial charge in [-0.1, -0.05) is 0 Å². The topological polar surface area (TPSA) is 67.6 Å². The molecule has 66 valence electrons. The van der Waals surface area contributed by atoms with Gasteiger partial charge in [0.1, 0.15) is 5.03 Å². The zero-order chi connectivity index (χ0) is 9.10. The first-order chi connectivity index (χ1) is 6.34. The molecule has 0 atom stereocenters. The van der Waals surface area contributed by atoms with E-state index in [-0.39, 0.29) is 0 Å². The van der Waals surface area contributed by atoms with Crippen molar-refractivity contribution in [3.8, 4) is 0 Å². The molecule has 0 saturated carbocycles. The van der Waals surface area contributed by atoms with E-state index in [2.05, 4.69) is 15.0 Å². The Balaban J connectivity index is 2.15. The maximum Gasteiger partial charge on any atom is 0.171 e. The lowest BCUT2D eigenvalue weighted by Gasteiger charge is -1.96. The van der Waals surface area contributed by atoms with Crippen molar-refractivity contribution in [3.63, 3.8) is 0 Å². The van der Waals surface area contributed by atoms with Crippen LogP contribution in [0.3, 0.4) is 0 Å². The van der Waals surface area contributed by atoms with Gasteiger partial charge in [-0.3, -0.25) is 0 Å². The minimum absolute atomic E-state index is 0.670. The lowest BCUT2D eigenvalue weighted by Crippen LogP contribution is -1.86. The van der Waals surface area contributed by atoms with Crippen molar-refractivity contribution in [1.82, 2.24) is 15.0 Å². The number of hydrogen-bond acceptors (Lipinski definition) is 4. The predicted molar refractivity (Wildman–Crippen MR) is 51.4 cm³/mol. The lowest BCUT2D eigenvalue weighted by atomic mass is 10.4. The molecule has 2 rings (SSSR count). The Kier molecular flexibility index (Phi) is 2.18. The van der Waals surface area contributed by atoms with Crippen LogP contribution in [0.2, 0.25) is 0 Å². The van der Waals surface area contributed by atoms with Crippen LogP contribution >= 0.6 is 11.8 Å². The number of nitrogens with zero attached hydrogens (tertiary/aromatic N) is 2.